The van der Waals surface area contributed by atoms with E-state index < -0.39 is 16.9 Å². The number of fused-ring (bicyclic) bond motifs is 2. The van der Waals surface area contributed by atoms with Gasteiger partial charge in [-0.1, -0.05) is 41.7 Å². The average molecular weight is 516 g/mol. The summed E-state index contributed by atoms with van der Waals surface area (Å²) in [6.07, 6.45) is 1.63. The summed E-state index contributed by atoms with van der Waals surface area (Å²) in [6.45, 7) is 3.46. The van der Waals surface area contributed by atoms with Gasteiger partial charge in [-0.3, -0.25) is 19.5 Å². The van der Waals surface area contributed by atoms with Crippen molar-refractivity contribution in [3.63, 3.8) is 0 Å². The fourth-order valence-electron chi connectivity index (χ4n) is 4.40. The molecule has 1 aliphatic heterocycles. The molecule has 0 bridgehead atoms. The van der Waals surface area contributed by atoms with Gasteiger partial charge in [-0.05, 0) is 54.5 Å². The molecule has 0 radical (unpaired) electrons. The highest BCUT2D eigenvalue weighted by Crippen LogP contribution is 2.33. The van der Waals surface area contributed by atoms with E-state index in [1.54, 1.807) is 44.2 Å². The van der Waals surface area contributed by atoms with Crippen LogP contribution in [0.25, 0.3) is 22.5 Å². The van der Waals surface area contributed by atoms with Crippen LogP contribution in [0.3, 0.4) is 0 Å². The normalized spacial score (nSPS) is 15.4. The quantitative estimate of drug-likeness (QED) is 0.246. The number of nitro groups is 1. The van der Waals surface area contributed by atoms with Gasteiger partial charge in [0.25, 0.3) is 11.2 Å². The predicted molar refractivity (Wildman–Crippen MR) is 140 cm³/mol. The number of hydrogen-bond donors (Lipinski definition) is 1. The van der Waals surface area contributed by atoms with Crippen molar-refractivity contribution in [3.8, 4) is 5.75 Å². The number of carbonyl (C=O) groups excluding carboxylic acids is 1. The van der Waals surface area contributed by atoms with E-state index >= 15 is 0 Å². The number of carbonyl (C=O) groups is 1. The van der Waals surface area contributed by atoms with Crippen LogP contribution in [0.1, 0.15) is 31.0 Å². The molecule has 1 atom stereocenters. The molecule has 2 heterocycles. The van der Waals surface area contributed by atoms with E-state index in [2.05, 4.69) is 0 Å². The van der Waals surface area contributed by atoms with Gasteiger partial charge < -0.3 is 9.84 Å². The fraction of sp³-hybridized carbons (Fsp3) is 0.148. The van der Waals surface area contributed by atoms with Crippen molar-refractivity contribution in [2.45, 2.75) is 19.9 Å². The number of hydrogen-bond acceptors (Lipinski definition) is 8. The van der Waals surface area contributed by atoms with Gasteiger partial charge in [-0.2, -0.15) is 0 Å². The third-order valence-electron chi connectivity index (χ3n) is 6.18. The molecule has 4 aromatic rings. The number of nitro benzene ring substituents is 1. The Bertz CT molecular complexity index is 1780. The van der Waals surface area contributed by atoms with E-state index in [0.717, 1.165) is 22.1 Å². The van der Waals surface area contributed by atoms with Crippen LogP contribution in [0.2, 0.25) is 0 Å². The lowest BCUT2D eigenvalue weighted by molar-refractivity contribution is -0.384. The second-order valence-corrected chi connectivity index (χ2v) is 9.36. The molecule has 0 aliphatic carbocycles. The number of rotatable bonds is 5. The second-order valence-electron chi connectivity index (χ2n) is 8.35. The van der Waals surface area contributed by atoms with E-state index in [0.29, 0.717) is 26.2 Å². The predicted octanol–water partition coefficient (Wildman–Crippen LogP) is 3.67. The molecule has 10 heteroatoms. The summed E-state index contributed by atoms with van der Waals surface area (Å²) in [5.74, 6) is -0.581. The summed E-state index contributed by atoms with van der Waals surface area (Å²) >= 11 is 1.13. The molecule has 0 saturated heterocycles. The number of aromatic nitrogens is 1. The third-order valence-corrected chi connectivity index (χ3v) is 7.17. The summed E-state index contributed by atoms with van der Waals surface area (Å²) in [5.41, 5.74) is 1.15. The first-order valence-corrected chi connectivity index (χ1v) is 12.3. The number of allylic oxidation sites excluding steroid dienone is 1. The van der Waals surface area contributed by atoms with Gasteiger partial charge in [0.2, 0.25) is 0 Å². The highest BCUT2D eigenvalue weighted by molar-refractivity contribution is 7.07. The molecular weight excluding hydrogens is 494 g/mol. The zero-order chi connectivity index (χ0) is 26.3. The maximum absolute atomic E-state index is 13.5. The largest absolute Gasteiger partial charge is 0.507 e. The monoisotopic (exact) mass is 515 g/mol. The molecule has 1 aromatic heterocycles. The molecule has 9 nitrogen and oxygen atoms in total. The van der Waals surface area contributed by atoms with Crippen LogP contribution < -0.4 is 14.9 Å². The molecule has 1 aliphatic rings. The number of non-ortho nitro benzene ring substituents is 1. The summed E-state index contributed by atoms with van der Waals surface area (Å²) in [5, 5.41) is 23.4. The lowest BCUT2D eigenvalue weighted by Crippen LogP contribution is -2.35. The third kappa shape index (κ3) is 4.21. The summed E-state index contributed by atoms with van der Waals surface area (Å²) < 4.78 is 6.97. The van der Waals surface area contributed by atoms with Crippen LogP contribution in [0.15, 0.2) is 76.0 Å². The second kappa shape index (κ2) is 9.47. The van der Waals surface area contributed by atoms with Crippen molar-refractivity contribution < 1.29 is 19.6 Å². The molecule has 5 rings (SSSR count). The molecular formula is C27H21N3O6S. The van der Waals surface area contributed by atoms with Crippen LogP contribution in [0.4, 0.5) is 5.69 Å². The van der Waals surface area contributed by atoms with Crippen molar-refractivity contribution in [1.82, 2.24) is 4.57 Å². The minimum Gasteiger partial charge on any atom is -0.507 e. The Morgan fingerprint density at radius 1 is 1.19 bits per heavy atom. The maximum Gasteiger partial charge on any atom is 0.338 e. The maximum atomic E-state index is 13.5. The van der Waals surface area contributed by atoms with E-state index in [1.807, 2.05) is 24.3 Å². The Hall–Kier alpha value is -4.57. The van der Waals surface area contributed by atoms with E-state index in [1.165, 1.54) is 16.7 Å². The molecule has 0 amide bonds. The number of phenols is 1. The van der Waals surface area contributed by atoms with Crippen molar-refractivity contribution >= 4 is 45.5 Å². The Labute approximate surface area is 214 Å². The van der Waals surface area contributed by atoms with Gasteiger partial charge in [-0.25, -0.2) is 9.79 Å². The lowest BCUT2D eigenvalue weighted by atomic mass is 9.96. The van der Waals surface area contributed by atoms with Gasteiger partial charge in [0.15, 0.2) is 4.80 Å². The van der Waals surface area contributed by atoms with Crippen LogP contribution in [0.5, 0.6) is 5.75 Å². The average Bonchev–Trinajstić information content (AvgIpc) is 3.20. The number of aromatic hydroxyl groups is 1. The molecule has 3 aromatic carbocycles. The number of nitrogens with zero attached hydrogens (tertiary/aromatic N) is 3. The lowest BCUT2D eigenvalue weighted by Gasteiger charge is -2.22. The molecule has 0 fully saturated rings. The Balaban J connectivity index is 1.74. The molecule has 1 N–H and O–H groups in total. The smallest absolute Gasteiger partial charge is 0.338 e. The van der Waals surface area contributed by atoms with Gasteiger partial charge in [-0.15, -0.1) is 0 Å². The highest BCUT2D eigenvalue weighted by Gasteiger charge is 2.31. The number of ether oxygens (including phenoxy) is 1. The SMILES string of the molecule is CCOC(=O)C1=C(C)n2c(s/c(=C\c3c(O)ccc4ccccc34)c2=O)=N[C@@H]1c1ccc([N+](=O)[O-])cc1. The zero-order valence-corrected chi connectivity index (χ0v) is 20.7. The first-order valence-electron chi connectivity index (χ1n) is 11.4. The molecule has 0 saturated carbocycles. The summed E-state index contributed by atoms with van der Waals surface area (Å²) in [4.78, 5) is 42.1. The fourth-order valence-corrected chi connectivity index (χ4v) is 5.42. The van der Waals surface area contributed by atoms with Crippen molar-refractivity contribution in [2.24, 2.45) is 4.99 Å². The van der Waals surface area contributed by atoms with E-state index in [9.17, 15) is 24.8 Å². The minimum atomic E-state index is -0.809. The molecule has 186 valence electrons. The van der Waals surface area contributed by atoms with Crippen molar-refractivity contribution in [2.75, 3.05) is 6.61 Å². The van der Waals surface area contributed by atoms with Gasteiger partial charge >= 0.3 is 5.97 Å². The van der Waals surface area contributed by atoms with Crippen LogP contribution in [-0.4, -0.2) is 27.2 Å². The van der Waals surface area contributed by atoms with Crippen molar-refractivity contribution in [1.29, 1.82) is 0 Å². The van der Waals surface area contributed by atoms with Gasteiger partial charge in [0.05, 0.1) is 21.6 Å². The summed E-state index contributed by atoms with van der Waals surface area (Å²) in [6, 6.07) is 15.9. The topological polar surface area (TPSA) is 124 Å². The molecule has 0 spiro atoms. The Kier molecular flexibility index (Phi) is 6.18. The summed E-state index contributed by atoms with van der Waals surface area (Å²) in [7, 11) is 0. The van der Waals surface area contributed by atoms with Crippen LogP contribution in [0, 0.1) is 10.1 Å². The number of phenolic OH excluding ortho intramolecular Hbond substituents is 1. The Morgan fingerprint density at radius 2 is 1.92 bits per heavy atom. The number of esters is 1. The number of thiazole rings is 1. The minimum absolute atomic E-state index is 0.0367. The standard InChI is InChI=1S/C27H21N3O6S/c1-3-36-26(33)23-15(2)29-25(32)22(14-20-19-7-5-4-6-16(19)10-13-21(20)31)37-27(29)28-24(23)17-8-11-18(12-9-17)30(34)35/h4-14,24,31H,3H2,1-2H3/b22-14-/t24-/m1/s1. The highest BCUT2D eigenvalue weighted by atomic mass is 32.1. The van der Waals surface area contributed by atoms with E-state index in [4.69, 9.17) is 9.73 Å². The molecule has 0 unspecified atom stereocenters. The first kappa shape index (κ1) is 24.1. The van der Waals surface area contributed by atoms with Gasteiger partial charge in [0, 0.05) is 23.4 Å². The molecule has 37 heavy (non-hydrogen) atoms. The first-order chi connectivity index (χ1) is 17.8. The van der Waals surface area contributed by atoms with Crippen molar-refractivity contribution in [3.05, 3.63) is 107 Å². The van der Waals surface area contributed by atoms with Gasteiger partial charge in [0.1, 0.15) is 11.8 Å². The Morgan fingerprint density at radius 3 is 2.62 bits per heavy atom. The number of benzene rings is 3. The van der Waals surface area contributed by atoms with Crippen LogP contribution in [-0.2, 0) is 9.53 Å². The van der Waals surface area contributed by atoms with E-state index in [-0.39, 0.29) is 29.2 Å². The zero-order valence-electron chi connectivity index (χ0n) is 19.9. The van der Waals surface area contributed by atoms with Crippen LogP contribution >= 0.6 is 11.3 Å².